The second-order valence-electron chi connectivity index (χ2n) is 5.48. The lowest BCUT2D eigenvalue weighted by Gasteiger charge is -2.23. The van der Waals surface area contributed by atoms with E-state index in [1.165, 1.54) is 0 Å². The molecule has 24 heavy (non-hydrogen) atoms. The van der Waals surface area contributed by atoms with Crippen LogP contribution in [0.1, 0.15) is 58.8 Å². The van der Waals surface area contributed by atoms with Gasteiger partial charge in [0, 0.05) is 13.2 Å². The Morgan fingerprint density at radius 2 is 1.62 bits per heavy atom. The summed E-state index contributed by atoms with van der Waals surface area (Å²) in [5.41, 5.74) is 4.78. The maximum atomic E-state index is 10.6. The van der Waals surface area contributed by atoms with E-state index in [0.29, 0.717) is 19.6 Å². The van der Waals surface area contributed by atoms with Gasteiger partial charge in [0.25, 0.3) is 0 Å². The van der Waals surface area contributed by atoms with Gasteiger partial charge in [0.05, 0.1) is 19.3 Å². The molecule has 0 bridgehead atoms. The lowest BCUT2D eigenvalue weighted by Crippen LogP contribution is -2.33. The zero-order valence-corrected chi connectivity index (χ0v) is 15.9. The number of ether oxygens (including phenoxy) is 1. The molecule has 0 amide bonds. The molecule has 148 valence electrons. The monoisotopic (exact) mass is 373 g/mol. The van der Waals surface area contributed by atoms with Crippen molar-refractivity contribution in [1.82, 2.24) is 0 Å². The Hall–Kier alpha value is -0.0500. The molecule has 0 aromatic heterocycles. The highest BCUT2D eigenvalue weighted by Crippen LogP contribution is 2.36. The van der Waals surface area contributed by atoms with Crippen molar-refractivity contribution in [1.29, 1.82) is 0 Å². The number of aliphatic hydroxyl groups excluding tert-OH is 2. The average Bonchev–Trinajstić information content (AvgIpc) is 2.54. The van der Waals surface area contributed by atoms with Gasteiger partial charge in [-0.2, -0.15) is 0 Å². The Balaban J connectivity index is 0. The first kappa shape index (κ1) is 26.2. The number of unbranched alkanes of at least 4 members (excludes halogenated alkanes) is 4. The zero-order valence-electron chi connectivity index (χ0n) is 15.0. The standard InChI is InChI=1S/C13H29O6P.C2H7NO/c1-3-5-7-9-13(18-10-8-6-4-2)12(14)11-19-20(15,16)17;3-1-2-4/h12-14H,3-11H2,1-2H3,(H2,15,16,17);4H,1-3H2. The van der Waals surface area contributed by atoms with Gasteiger partial charge in [0.15, 0.2) is 0 Å². The maximum Gasteiger partial charge on any atom is 0.469 e. The van der Waals surface area contributed by atoms with E-state index >= 15 is 0 Å². The highest BCUT2D eigenvalue weighted by atomic mass is 31.2. The minimum absolute atomic E-state index is 0.0972. The van der Waals surface area contributed by atoms with E-state index in [2.05, 4.69) is 18.4 Å². The molecule has 0 fully saturated rings. The third-order valence-electron chi connectivity index (χ3n) is 3.14. The van der Waals surface area contributed by atoms with Crippen molar-refractivity contribution in [2.75, 3.05) is 26.4 Å². The molecule has 0 radical (unpaired) electrons. The van der Waals surface area contributed by atoms with Gasteiger partial charge in [-0.15, -0.1) is 0 Å². The molecule has 9 heteroatoms. The molecular formula is C15H36NO7P. The van der Waals surface area contributed by atoms with Crippen LogP contribution in [0.25, 0.3) is 0 Å². The summed E-state index contributed by atoms with van der Waals surface area (Å²) >= 11 is 0. The van der Waals surface area contributed by atoms with Crippen molar-refractivity contribution in [3.05, 3.63) is 0 Å². The highest BCUT2D eigenvalue weighted by Gasteiger charge is 2.24. The van der Waals surface area contributed by atoms with Gasteiger partial charge in [-0.05, 0) is 12.8 Å². The van der Waals surface area contributed by atoms with Gasteiger partial charge in [0.2, 0.25) is 0 Å². The van der Waals surface area contributed by atoms with E-state index in [0.717, 1.165) is 38.5 Å². The first-order valence-corrected chi connectivity index (χ1v) is 10.2. The van der Waals surface area contributed by atoms with Crippen LogP contribution in [0.15, 0.2) is 0 Å². The molecule has 0 rings (SSSR count). The molecule has 0 spiro atoms. The molecule has 0 aromatic rings. The summed E-state index contributed by atoms with van der Waals surface area (Å²) < 4.78 is 20.6. The van der Waals surface area contributed by atoms with Crippen molar-refractivity contribution in [3.63, 3.8) is 0 Å². The Labute approximate surface area is 145 Å². The fraction of sp³-hybridized carbons (Fsp3) is 1.00. The van der Waals surface area contributed by atoms with Crippen LogP contribution in [0, 0.1) is 0 Å². The second-order valence-corrected chi connectivity index (χ2v) is 6.72. The van der Waals surface area contributed by atoms with E-state index in [1.54, 1.807) is 0 Å². The van der Waals surface area contributed by atoms with Gasteiger partial charge in [-0.1, -0.05) is 46.0 Å². The number of nitrogens with two attached hydrogens (primary N) is 1. The predicted molar refractivity (Wildman–Crippen MR) is 93.6 cm³/mol. The van der Waals surface area contributed by atoms with Crippen LogP contribution >= 0.6 is 7.82 Å². The summed E-state index contributed by atoms with van der Waals surface area (Å²) in [6.07, 6.45) is 5.34. The summed E-state index contributed by atoms with van der Waals surface area (Å²) in [5.74, 6) is 0. The fourth-order valence-corrected chi connectivity index (χ4v) is 2.20. The maximum absolute atomic E-state index is 10.6. The lowest BCUT2D eigenvalue weighted by atomic mass is 10.1. The SMILES string of the molecule is CCCCCOC(CCCCC)C(O)COP(=O)(O)O.NCCO. The van der Waals surface area contributed by atoms with Crippen LogP contribution in [0.5, 0.6) is 0 Å². The summed E-state index contributed by atoms with van der Waals surface area (Å²) in [6.45, 7) is 4.80. The highest BCUT2D eigenvalue weighted by molar-refractivity contribution is 7.46. The molecule has 0 saturated carbocycles. The zero-order chi connectivity index (χ0) is 18.8. The number of aliphatic hydroxyl groups is 2. The predicted octanol–water partition coefficient (Wildman–Crippen LogP) is 1.55. The van der Waals surface area contributed by atoms with Crippen molar-refractivity contribution in [3.8, 4) is 0 Å². The van der Waals surface area contributed by atoms with Crippen LogP contribution in [-0.2, 0) is 13.8 Å². The molecule has 0 aliphatic heterocycles. The molecule has 0 saturated heterocycles. The van der Waals surface area contributed by atoms with Crippen LogP contribution in [-0.4, -0.2) is 58.6 Å². The van der Waals surface area contributed by atoms with Gasteiger partial charge >= 0.3 is 7.82 Å². The van der Waals surface area contributed by atoms with Gasteiger partial charge < -0.3 is 30.5 Å². The molecule has 6 N–H and O–H groups in total. The van der Waals surface area contributed by atoms with E-state index in [4.69, 9.17) is 25.4 Å². The van der Waals surface area contributed by atoms with Gasteiger partial charge in [-0.25, -0.2) is 4.57 Å². The molecule has 0 heterocycles. The number of rotatable bonds is 14. The Kier molecular flexibility index (Phi) is 19.4. The van der Waals surface area contributed by atoms with Crippen LogP contribution < -0.4 is 5.73 Å². The van der Waals surface area contributed by atoms with Crippen LogP contribution in [0.4, 0.5) is 0 Å². The number of hydrogen-bond donors (Lipinski definition) is 5. The third kappa shape index (κ3) is 20.0. The van der Waals surface area contributed by atoms with Crippen molar-refractivity contribution in [2.45, 2.75) is 71.0 Å². The minimum Gasteiger partial charge on any atom is -0.395 e. The van der Waals surface area contributed by atoms with Crippen molar-refractivity contribution < 1.29 is 33.8 Å². The summed E-state index contributed by atoms with van der Waals surface area (Å²) in [7, 11) is -4.54. The normalized spacial score (nSPS) is 14.0. The molecule has 8 nitrogen and oxygen atoms in total. The minimum atomic E-state index is -4.54. The largest absolute Gasteiger partial charge is 0.469 e. The smallest absolute Gasteiger partial charge is 0.395 e. The van der Waals surface area contributed by atoms with E-state index in [9.17, 15) is 9.67 Å². The van der Waals surface area contributed by atoms with Crippen LogP contribution in [0.2, 0.25) is 0 Å². The van der Waals surface area contributed by atoms with Crippen molar-refractivity contribution >= 4 is 7.82 Å². The molecule has 0 aliphatic rings. The summed E-state index contributed by atoms with van der Waals surface area (Å²) in [5, 5.41) is 17.7. The number of hydrogen-bond acceptors (Lipinski definition) is 6. The molecule has 2 unspecified atom stereocenters. The van der Waals surface area contributed by atoms with E-state index in [-0.39, 0.29) is 6.61 Å². The first-order chi connectivity index (χ1) is 11.3. The topological polar surface area (TPSA) is 142 Å². The molecule has 2 atom stereocenters. The summed E-state index contributed by atoms with van der Waals surface area (Å²) in [4.78, 5) is 17.3. The summed E-state index contributed by atoms with van der Waals surface area (Å²) in [6, 6.07) is 0. The molecular weight excluding hydrogens is 337 g/mol. The lowest BCUT2D eigenvalue weighted by molar-refractivity contribution is -0.0619. The van der Waals surface area contributed by atoms with E-state index < -0.39 is 26.6 Å². The number of phosphoric ester groups is 1. The molecule has 0 aromatic carbocycles. The average molecular weight is 373 g/mol. The van der Waals surface area contributed by atoms with Gasteiger partial charge in [-0.3, -0.25) is 4.52 Å². The first-order valence-electron chi connectivity index (χ1n) is 8.62. The second kappa shape index (κ2) is 17.8. The van der Waals surface area contributed by atoms with Crippen molar-refractivity contribution in [2.24, 2.45) is 5.73 Å². The molecule has 0 aliphatic carbocycles. The van der Waals surface area contributed by atoms with Crippen LogP contribution in [0.3, 0.4) is 0 Å². The quantitative estimate of drug-likeness (QED) is 0.228. The fourth-order valence-electron chi connectivity index (χ4n) is 1.85. The number of phosphoric acid groups is 1. The Bertz CT molecular complexity index is 300. The Morgan fingerprint density at radius 1 is 1.08 bits per heavy atom. The van der Waals surface area contributed by atoms with Gasteiger partial charge in [0.1, 0.15) is 6.10 Å². The third-order valence-corrected chi connectivity index (χ3v) is 3.63. The Morgan fingerprint density at radius 3 is 2.08 bits per heavy atom. The van der Waals surface area contributed by atoms with E-state index in [1.807, 2.05) is 0 Å².